The standard InChI is InChI=1S/C22H26ClN3O3/c1-22(2,3)21(29)24-18-9-8-15(14-16(18)20(27)28)25-10-12-26(13-11-25)19-7-5-4-6-17(19)23/h4-9,14H,10-13H2,1-3H3,(H,24,29)(H,27,28). The number of anilines is 3. The molecule has 3 rings (SSSR count). The maximum Gasteiger partial charge on any atom is 0.337 e. The molecule has 0 aromatic heterocycles. The second-order valence-electron chi connectivity index (χ2n) is 8.16. The molecule has 1 aliphatic heterocycles. The van der Waals surface area contributed by atoms with E-state index in [-0.39, 0.29) is 11.5 Å². The Morgan fingerprint density at radius 2 is 1.62 bits per heavy atom. The number of amides is 1. The van der Waals surface area contributed by atoms with Gasteiger partial charge in [0.1, 0.15) is 0 Å². The predicted octanol–water partition coefficient (Wildman–Crippen LogP) is 4.35. The van der Waals surface area contributed by atoms with Crippen LogP contribution < -0.4 is 15.1 Å². The minimum atomic E-state index is -1.06. The minimum Gasteiger partial charge on any atom is -0.478 e. The highest BCUT2D eigenvalue weighted by molar-refractivity contribution is 6.33. The molecule has 0 saturated carbocycles. The van der Waals surface area contributed by atoms with Gasteiger partial charge in [-0.1, -0.05) is 44.5 Å². The van der Waals surface area contributed by atoms with Gasteiger partial charge >= 0.3 is 5.97 Å². The normalized spacial score (nSPS) is 14.6. The summed E-state index contributed by atoms with van der Waals surface area (Å²) in [7, 11) is 0. The molecule has 1 saturated heterocycles. The zero-order chi connectivity index (χ0) is 21.2. The number of para-hydroxylation sites is 1. The first-order chi connectivity index (χ1) is 13.7. The van der Waals surface area contributed by atoms with Crippen LogP contribution in [0.5, 0.6) is 0 Å². The summed E-state index contributed by atoms with van der Waals surface area (Å²) in [5.74, 6) is -1.29. The molecule has 1 fully saturated rings. The summed E-state index contributed by atoms with van der Waals surface area (Å²) in [6.07, 6.45) is 0. The smallest absolute Gasteiger partial charge is 0.337 e. The van der Waals surface area contributed by atoms with Gasteiger partial charge in [0.05, 0.1) is 22.0 Å². The summed E-state index contributed by atoms with van der Waals surface area (Å²) >= 11 is 6.30. The Hall–Kier alpha value is -2.73. The lowest BCUT2D eigenvalue weighted by Gasteiger charge is -2.38. The first-order valence-electron chi connectivity index (χ1n) is 9.60. The number of halogens is 1. The molecule has 2 aromatic rings. The predicted molar refractivity (Wildman–Crippen MR) is 117 cm³/mol. The Kier molecular flexibility index (Phi) is 6.03. The molecule has 2 aromatic carbocycles. The van der Waals surface area contributed by atoms with Crippen LogP contribution in [0, 0.1) is 5.41 Å². The van der Waals surface area contributed by atoms with E-state index in [0.717, 1.165) is 42.6 Å². The highest BCUT2D eigenvalue weighted by Gasteiger charge is 2.24. The van der Waals surface area contributed by atoms with E-state index >= 15 is 0 Å². The molecule has 0 spiro atoms. The summed E-state index contributed by atoms with van der Waals surface area (Å²) in [4.78, 5) is 28.4. The van der Waals surface area contributed by atoms with Crippen LogP contribution in [0.3, 0.4) is 0 Å². The van der Waals surface area contributed by atoms with Crippen molar-refractivity contribution in [2.24, 2.45) is 5.41 Å². The lowest BCUT2D eigenvalue weighted by molar-refractivity contribution is -0.123. The van der Waals surface area contributed by atoms with Crippen LogP contribution in [0.1, 0.15) is 31.1 Å². The summed E-state index contributed by atoms with van der Waals surface area (Å²) < 4.78 is 0. The molecule has 7 heteroatoms. The molecule has 1 heterocycles. The van der Waals surface area contributed by atoms with E-state index in [9.17, 15) is 14.7 Å². The molecule has 29 heavy (non-hydrogen) atoms. The van der Waals surface area contributed by atoms with Crippen molar-refractivity contribution in [3.8, 4) is 0 Å². The second kappa shape index (κ2) is 8.33. The Morgan fingerprint density at radius 1 is 1.00 bits per heavy atom. The molecule has 154 valence electrons. The number of nitrogens with zero attached hydrogens (tertiary/aromatic N) is 2. The highest BCUT2D eigenvalue weighted by atomic mass is 35.5. The van der Waals surface area contributed by atoms with Crippen LogP contribution in [-0.4, -0.2) is 43.2 Å². The molecular weight excluding hydrogens is 390 g/mol. The van der Waals surface area contributed by atoms with Crippen LogP contribution >= 0.6 is 11.6 Å². The first kappa shape index (κ1) is 21.0. The maximum absolute atomic E-state index is 12.3. The molecule has 0 aliphatic carbocycles. The Labute approximate surface area is 176 Å². The average Bonchev–Trinajstić information content (AvgIpc) is 2.68. The van der Waals surface area contributed by atoms with Crippen molar-refractivity contribution in [1.82, 2.24) is 0 Å². The number of hydrogen-bond donors (Lipinski definition) is 2. The number of hydrogen-bond acceptors (Lipinski definition) is 4. The van der Waals surface area contributed by atoms with Gasteiger partial charge in [0.15, 0.2) is 0 Å². The molecule has 0 atom stereocenters. The van der Waals surface area contributed by atoms with Crippen LogP contribution in [0.25, 0.3) is 0 Å². The molecule has 0 unspecified atom stereocenters. The lowest BCUT2D eigenvalue weighted by atomic mass is 9.95. The van der Waals surface area contributed by atoms with Crippen LogP contribution in [-0.2, 0) is 4.79 Å². The van der Waals surface area contributed by atoms with Crippen molar-refractivity contribution in [2.75, 3.05) is 41.3 Å². The van der Waals surface area contributed by atoms with Gasteiger partial charge in [-0.3, -0.25) is 4.79 Å². The largest absolute Gasteiger partial charge is 0.478 e. The fourth-order valence-electron chi connectivity index (χ4n) is 3.24. The summed E-state index contributed by atoms with van der Waals surface area (Å²) in [5, 5.41) is 13.1. The monoisotopic (exact) mass is 415 g/mol. The van der Waals surface area contributed by atoms with Gasteiger partial charge in [-0.05, 0) is 30.3 Å². The summed E-state index contributed by atoms with van der Waals surface area (Å²) in [5.41, 5.74) is 1.64. The molecule has 0 bridgehead atoms. The van der Waals surface area contributed by atoms with Gasteiger partial charge in [-0.15, -0.1) is 0 Å². The number of rotatable bonds is 4. The molecule has 6 nitrogen and oxygen atoms in total. The zero-order valence-electron chi connectivity index (χ0n) is 16.9. The average molecular weight is 416 g/mol. The highest BCUT2D eigenvalue weighted by Crippen LogP contribution is 2.29. The summed E-state index contributed by atoms with van der Waals surface area (Å²) in [6.45, 7) is 8.43. The number of piperazine rings is 1. The molecule has 1 aliphatic rings. The van der Waals surface area contributed by atoms with Gasteiger partial charge in [0.2, 0.25) is 5.91 Å². The van der Waals surface area contributed by atoms with Gasteiger partial charge in [0, 0.05) is 37.3 Å². The molecule has 2 N–H and O–H groups in total. The third-order valence-corrected chi connectivity index (χ3v) is 5.32. The summed E-state index contributed by atoms with van der Waals surface area (Å²) in [6, 6.07) is 12.9. The Morgan fingerprint density at radius 3 is 2.21 bits per heavy atom. The van der Waals surface area contributed by atoms with E-state index in [2.05, 4.69) is 15.1 Å². The van der Waals surface area contributed by atoms with Crippen LogP contribution in [0.4, 0.5) is 17.1 Å². The molecule has 0 radical (unpaired) electrons. The SMILES string of the molecule is CC(C)(C)C(=O)Nc1ccc(N2CCN(c3ccccc3Cl)CC2)cc1C(=O)O. The Bertz CT molecular complexity index is 916. The van der Waals surface area contributed by atoms with E-state index in [4.69, 9.17) is 11.6 Å². The van der Waals surface area contributed by atoms with Crippen LogP contribution in [0.2, 0.25) is 5.02 Å². The van der Waals surface area contributed by atoms with E-state index in [0.29, 0.717) is 5.69 Å². The number of nitrogens with one attached hydrogen (secondary N) is 1. The van der Waals surface area contributed by atoms with Crippen molar-refractivity contribution in [2.45, 2.75) is 20.8 Å². The lowest BCUT2D eigenvalue weighted by Crippen LogP contribution is -2.46. The molecular formula is C22H26ClN3O3. The number of carboxylic acids is 1. The third-order valence-electron chi connectivity index (χ3n) is 5.00. The topological polar surface area (TPSA) is 72.9 Å². The third kappa shape index (κ3) is 4.82. The number of carbonyl (C=O) groups excluding carboxylic acids is 1. The Balaban J connectivity index is 1.75. The van der Waals surface area contributed by atoms with Gasteiger partial charge in [-0.2, -0.15) is 0 Å². The second-order valence-corrected chi connectivity index (χ2v) is 8.57. The minimum absolute atomic E-state index is 0.0913. The number of benzene rings is 2. The fourth-order valence-corrected chi connectivity index (χ4v) is 3.49. The number of carboxylic acid groups (broad SMARTS) is 1. The number of carbonyl (C=O) groups is 2. The quantitative estimate of drug-likeness (QED) is 0.776. The fraction of sp³-hybridized carbons (Fsp3) is 0.364. The van der Waals surface area contributed by atoms with Crippen molar-refractivity contribution < 1.29 is 14.7 Å². The first-order valence-corrected chi connectivity index (χ1v) is 9.98. The molecule has 1 amide bonds. The zero-order valence-corrected chi connectivity index (χ0v) is 17.7. The van der Waals surface area contributed by atoms with Gasteiger partial charge in [0.25, 0.3) is 0 Å². The van der Waals surface area contributed by atoms with Crippen LogP contribution in [0.15, 0.2) is 42.5 Å². The van der Waals surface area contributed by atoms with Crippen molar-refractivity contribution in [1.29, 1.82) is 0 Å². The van der Waals surface area contributed by atoms with E-state index < -0.39 is 11.4 Å². The van der Waals surface area contributed by atoms with E-state index in [1.807, 2.05) is 30.3 Å². The van der Waals surface area contributed by atoms with Crippen molar-refractivity contribution >= 4 is 40.5 Å². The van der Waals surface area contributed by atoms with Crippen molar-refractivity contribution in [3.05, 3.63) is 53.1 Å². The number of aromatic carboxylic acids is 1. The van der Waals surface area contributed by atoms with Gasteiger partial charge in [-0.25, -0.2) is 4.79 Å². The van der Waals surface area contributed by atoms with E-state index in [1.165, 1.54) is 0 Å². The van der Waals surface area contributed by atoms with Crippen molar-refractivity contribution in [3.63, 3.8) is 0 Å². The van der Waals surface area contributed by atoms with Gasteiger partial charge < -0.3 is 20.2 Å². The maximum atomic E-state index is 12.3. The van der Waals surface area contributed by atoms with E-state index in [1.54, 1.807) is 32.9 Å².